The van der Waals surface area contributed by atoms with E-state index in [0.29, 0.717) is 23.6 Å². The van der Waals surface area contributed by atoms with Crippen LogP contribution in [-0.2, 0) is 11.2 Å². The first-order chi connectivity index (χ1) is 12.6. The van der Waals surface area contributed by atoms with Gasteiger partial charge in [-0.05, 0) is 36.6 Å². The second-order valence-corrected chi connectivity index (χ2v) is 8.40. The van der Waals surface area contributed by atoms with Crippen LogP contribution in [0.25, 0.3) is 0 Å². The molecule has 0 bridgehead atoms. The second kappa shape index (κ2) is 8.40. The zero-order valence-corrected chi connectivity index (χ0v) is 18.3. The van der Waals surface area contributed by atoms with E-state index in [4.69, 9.17) is 4.74 Å². The first-order valence-electron chi connectivity index (χ1n) is 8.92. The van der Waals surface area contributed by atoms with Gasteiger partial charge >= 0.3 is 0 Å². The molecule has 146 valence electrons. The number of carbonyl (C=O) groups excluding carboxylic acids is 1. The Kier molecular flexibility index (Phi) is 6.65. The van der Waals surface area contributed by atoms with Crippen molar-refractivity contribution in [2.24, 2.45) is 5.41 Å². The van der Waals surface area contributed by atoms with Crippen molar-refractivity contribution in [1.82, 2.24) is 4.98 Å². The van der Waals surface area contributed by atoms with Gasteiger partial charge in [0.05, 0.1) is 7.11 Å². The monoisotopic (exact) mass is 434 g/mol. The lowest BCUT2D eigenvalue weighted by atomic mass is 9.91. The number of amides is 1. The van der Waals surface area contributed by atoms with E-state index in [-0.39, 0.29) is 5.91 Å². The molecule has 27 heavy (non-hydrogen) atoms. The summed E-state index contributed by atoms with van der Waals surface area (Å²) in [5.74, 6) is 0.127. The number of carbonyl (C=O) groups is 1. The smallest absolute Gasteiger partial charge is 0.238 e. The number of aryl methyl sites for hydroxylation is 1. The molecular weight excluding hydrogens is 408 g/mol. The van der Waals surface area contributed by atoms with Gasteiger partial charge in [-0.2, -0.15) is 0 Å². The molecule has 1 unspecified atom stereocenters. The highest BCUT2D eigenvalue weighted by atomic mass is 79.9. The summed E-state index contributed by atoms with van der Waals surface area (Å²) in [5, 5.41) is 14.2. The van der Waals surface area contributed by atoms with Crippen LogP contribution in [0.2, 0.25) is 0 Å². The number of rotatable bonds is 5. The molecule has 1 heterocycles. The molecule has 0 radical (unpaired) electrons. The third-order valence-electron chi connectivity index (χ3n) is 4.42. The molecule has 0 fully saturated rings. The van der Waals surface area contributed by atoms with Crippen LogP contribution in [0.3, 0.4) is 0 Å². The number of methoxy groups -OCH3 is 1. The van der Waals surface area contributed by atoms with Gasteiger partial charge in [-0.3, -0.25) is 4.79 Å². The van der Waals surface area contributed by atoms with Crippen molar-refractivity contribution in [2.45, 2.75) is 47.1 Å². The van der Waals surface area contributed by atoms with E-state index in [0.717, 1.165) is 21.3 Å². The van der Waals surface area contributed by atoms with Gasteiger partial charge in [0.2, 0.25) is 11.8 Å². The van der Waals surface area contributed by atoms with Gasteiger partial charge in [-0.1, -0.05) is 55.8 Å². The van der Waals surface area contributed by atoms with E-state index >= 15 is 0 Å². The van der Waals surface area contributed by atoms with Gasteiger partial charge in [0, 0.05) is 21.1 Å². The van der Waals surface area contributed by atoms with Gasteiger partial charge in [0.1, 0.15) is 11.8 Å². The number of aromatic nitrogens is 1. The number of hydrogen-bond donors (Lipinski definition) is 2. The van der Waals surface area contributed by atoms with Crippen LogP contribution in [0, 0.1) is 12.3 Å². The molecular formula is C21H27BrN2O3. The van der Waals surface area contributed by atoms with Gasteiger partial charge in [0.15, 0.2) is 0 Å². The molecule has 1 atom stereocenters. The van der Waals surface area contributed by atoms with E-state index in [9.17, 15) is 9.90 Å². The summed E-state index contributed by atoms with van der Waals surface area (Å²) in [6, 6.07) is 7.48. The Labute approximate surface area is 169 Å². The van der Waals surface area contributed by atoms with Gasteiger partial charge in [-0.15, -0.1) is 0 Å². The minimum Gasteiger partial charge on any atom is -0.479 e. The summed E-state index contributed by atoms with van der Waals surface area (Å²) in [6.07, 6.45) is -0.259. The van der Waals surface area contributed by atoms with E-state index < -0.39 is 11.5 Å². The van der Waals surface area contributed by atoms with Crippen LogP contribution in [-0.4, -0.2) is 23.1 Å². The summed E-state index contributed by atoms with van der Waals surface area (Å²) < 4.78 is 6.31. The van der Waals surface area contributed by atoms with E-state index in [1.165, 1.54) is 7.11 Å². The van der Waals surface area contributed by atoms with Crippen molar-refractivity contribution in [1.29, 1.82) is 0 Å². The molecule has 1 amide bonds. The second-order valence-electron chi connectivity index (χ2n) is 7.49. The molecule has 1 aromatic heterocycles. The molecule has 1 aromatic carbocycles. The number of halogens is 1. The van der Waals surface area contributed by atoms with Crippen molar-refractivity contribution in [3.63, 3.8) is 0 Å². The fourth-order valence-corrected chi connectivity index (χ4v) is 3.31. The molecule has 0 aliphatic heterocycles. The number of benzene rings is 1. The SMILES string of the molecule is CCc1c(C)nc(OC)c(NC(=O)C(C)(C)C)c1C(O)c1cccc(Br)c1. The Bertz CT molecular complexity index is 844. The number of ether oxygens (including phenoxy) is 1. The first-order valence-corrected chi connectivity index (χ1v) is 9.71. The lowest BCUT2D eigenvalue weighted by Crippen LogP contribution is -2.29. The molecule has 0 aliphatic carbocycles. The average molecular weight is 435 g/mol. The van der Waals surface area contributed by atoms with E-state index in [1.807, 2.05) is 58.9 Å². The Morgan fingerprint density at radius 3 is 2.56 bits per heavy atom. The van der Waals surface area contributed by atoms with Crippen LogP contribution < -0.4 is 10.1 Å². The molecule has 0 aliphatic rings. The third kappa shape index (κ3) is 4.68. The predicted molar refractivity (Wildman–Crippen MR) is 111 cm³/mol. The standard InChI is InChI=1S/C21H27BrN2O3/c1-7-15-12(2)23-19(27-6)17(24-20(26)21(3,4)5)16(15)18(25)13-9-8-10-14(22)11-13/h8-11,18,25H,7H2,1-6H3,(H,24,26). The Morgan fingerprint density at radius 1 is 1.37 bits per heavy atom. The van der Waals surface area contributed by atoms with Crippen molar-refractivity contribution in [3.05, 3.63) is 51.1 Å². The highest BCUT2D eigenvalue weighted by Crippen LogP contribution is 2.39. The maximum Gasteiger partial charge on any atom is 0.238 e. The summed E-state index contributed by atoms with van der Waals surface area (Å²) in [4.78, 5) is 17.2. The fraction of sp³-hybridized carbons (Fsp3) is 0.429. The molecule has 2 aromatic rings. The number of anilines is 1. The number of hydrogen-bond acceptors (Lipinski definition) is 4. The van der Waals surface area contributed by atoms with Gasteiger partial charge in [0.25, 0.3) is 0 Å². The van der Waals surface area contributed by atoms with Crippen LogP contribution in [0.1, 0.15) is 56.2 Å². The summed E-state index contributed by atoms with van der Waals surface area (Å²) in [6.45, 7) is 9.39. The number of aliphatic hydroxyl groups excluding tert-OH is 1. The van der Waals surface area contributed by atoms with Crippen LogP contribution in [0.15, 0.2) is 28.7 Å². The van der Waals surface area contributed by atoms with Crippen molar-refractivity contribution in [2.75, 3.05) is 12.4 Å². The molecule has 6 heteroatoms. The largest absolute Gasteiger partial charge is 0.479 e. The summed E-state index contributed by atoms with van der Waals surface area (Å²) >= 11 is 3.45. The predicted octanol–water partition coefficient (Wildman–Crippen LogP) is 4.79. The molecule has 2 rings (SSSR count). The van der Waals surface area contributed by atoms with Crippen molar-refractivity contribution in [3.8, 4) is 5.88 Å². The average Bonchev–Trinajstić information content (AvgIpc) is 2.60. The molecule has 5 nitrogen and oxygen atoms in total. The van der Waals surface area contributed by atoms with Gasteiger partial charge < -0.3 is 15.2 Å². The normalized spacial score (nSPS) is 12.6. The summed E-state index contributed by atoms with van der Waals surface area (Å²) in [7, 11) is 1.51. The zero-order valence-electron chi connectivity index (χ0n) is 16.7. The quantitative estimate of drug-likeness (QED) is 0.709. The Hall–Kier alpha value is -1.92. The number of aliphatic hydroxyl groups is 1. The lowest BCUT2D eigenvalue weighted by Gasteiger charge is -2.25. The van der Waals surface area contributed by atoms with Crippen molar-refractivity contribution < 1.29 is 14.6 Å². The highest BCUT2D eigenvalue weighted by molar-refractivity contribution is 9.10. The van der Waals surface area contributed by atoms with Gasteiger partial charge in [-0.25, -0.2) is 4.98 Å². The minimum absolute atomic E-state index is 0.170. The van der Waals surface area contributed by atoms with Crippen LogP contribution in [0.5, 0.6) is 5.88 Å². The maximum atomic E-state index is 12.7. The van der Waals surface area contributed by atoms with E-state index in [2.05, 4.69) is 26.2 Å². The highest BCUT2D eigenvalue weighted by Gasteiger charge is 2.29. The third-order valence-corrected chi connectivity index (χ3v) is 4.91. The number of nitrogens with zero attached hydrogens (tertiary/aromatic N) is 1. The fourth-order valence-electron chi connectivity index (χ4n) is 2.90. The van der Waals surface area contributed by atoms with Crippen molar-refractivity contribution >= 4 is 27.5 Å². The van der Waals surface area contributed by atoms with Crippen LogP contribution in [0.4, 0.5) is 5.69 Å². The molecule has 0 saturated carbocycles. The Balaban J connectivity index is 2.71. The zero-order chi connectivity index (χ0) is 20.4. The molecule has 0 spiro atoms. The minimum atomic E-state index is -0.927. The molecule has 2 N–H and O–H groups in total. The molecule has 0 saturated heterocycles. The van der Waals surface area contributed by atoms with E-state index in [1.54, 1.807) is 0 Å². The topological polar surface area (TPSA) is 71.5 Å². The lowest BCUT2D eigenvalue weighted by molar-refractivity contribution is -0.123. The first kappa shape index (κ1) is 21.4. The number of nitrogens with one attached hydrogen (secondary N) is 1. The maximum absolute atomic E-state index is 12.7. The Morgan fingerprint density at radius 2 is 2.04 bits per heavy atom. The van der Waals surface area contributed by atoms with Crippen LogP contribution >= 0.6 is 15.9 Å². The summed E-state index contributed by atoms with van der Waals surface area (Å²) in [5.41, 5.74) is 2.84. The number of pyridine rings is 1.